The Kier molecular flexibility index (Phi) is 6.16. The molecule has 1 unspecified atom stereocenters. The molecule has 0 saturated heterocycles. The third-order valence-electron chi connectivity index (χ3n) is 6.23. The van der Waals surface area contributed by atoms with Crippen molar-refractivity contribution in [3.8, 4) is 22.9 Å². The van der Waals surface area contributed by atoms with Crippen molar-refractivity contribution in [2.75, 3.05) is 19.1 Å². The highest BCUT2D eigenvalue weighted by atomic mass is 16.5. The van der Waals surface area contributed by atoms with Gasteiger partial charge in [-0.3, -0.25) is 4.90 Å². The molecule has 5 rings (SSSR count). The third-order valence-corrected chi connectivity index (χ3v) is 6.23. The number of carbonyl (C=O) groups is 1. The lowest BCUT2D eigenvalue weighted by Gasteiger charge is -2.35. The maximum absolute atomic E-state index is 13.3. The van der Waals surface area contributed by atoms with Crippen LogP contribution < -0.4 is 19.7 Å². The summed E-state index contributed by atoms with van der Waals surface area (Å²) in [7, 11) is 3.23. The largest absolute Gasteiger partial charge is 0.497 e. The quantitative estimate of drug-likeness (QED) is 0.376. The number of methoxy groups -OCH3 is 2. The van der Waals surface area contributed by atoms with Gasteiger partial charge < -0.3 is 19.3 Å². The Morgan fingerprint density at radius 3 is 2.08 bits per heavy atom. The normalized spacial score (nSPS) is 15.6. The van der Waals surface area contributed by atoms with Crippen molar-refractivity contribution in [1.29, 1.82) is 0 Å². The number of amides is 2. The summed E-state index contributed by atoms with van der Waals surface area (Å²) in [4.78, 5) is 19.7. The Hall–Kier alpha value is -4.59. The van der Waals surface area contributed by atoms with E-state index in [1.165, 1.54) is 0 Å². The highest BCUT2D eigenvalue weighted by Gasteiger charge is 2.36. The fourth-order valence-corrected chi connectivity index (χ4v) is 4.26. The number of nitrogens with zero attached hydrogens (tertiary/aromatic N) is 3. The SMILES string of the molecule is COc1ccc(-c2noc(C3=C(C)N(c4ccc(C)cc4)C(=O)NC3c3ccc(OC)cc3)n2)cc1. The molecule has 2 amide bonds. The van der Waals surface area contributed by atoms with E-state index in [9.17, 15) is 4.79 Å². The number of aryl methyl sites for hydroxylation is 1. The van der Waals surface area contributed by atoms with E-state index in [0.717, 1.165) is 33.9 Å². The molecule has 1 aromatic heterocycles. The lowest BCUT2D eigenvalue weighted by molar-refractivity contribution is 0.244. The molecule has 3 aromatic carbocycles. The number of benzene rings is 3. The van der Waals surface area contributed by atoms with Gasteiger partial charge in [0.15, 0.2) is 0 Å². The van der Waals surface area contributed by atoms with Crippen LogP contribution in [0.3, 0.4) is 0 Å². The van der Waals surface area contributed by atoms with Crippen molar-refractivity contribution in [2.24, 2.45) is 0 Å². The molecule has 2 heterocycles. The van der Waals surface area contributed by atoms with Crippen LogP contribution in [0, 0.1) is 6.92 Å². The number of hydrogen-bond acceptors (Lipinski definition) is 6. The smallest absolute Gasteiger partial charge is 0.326 e. The number of nitrogens with one attached hydrogen (secondary N) is 1. The molecule has 0 aliphatic carbocycles. The van der Waals surface area contributed by atoms with Crippen LogP contribution in [0.2, 0.25) is 0 Å². The molecule has 4 aromatic rings. The van der Waals surface area contributed by atoms with Gasteiger partial charge in [-0.2, -0.15) is 4.98 Å². The van der Waals surface area contributed by atoms with Crippen LogP contribution in [0.1, 0.15) is 30.0 Å². The number of aromatic nitrogens is 2. The number of urea groups is 1. The fourth-order valence-electron chi connectivity index (χ4n) is 4.26. The Labute approximate surface area is 209 Å². The van der Waals surface area contributed by atoms with Gasteiger partial charge in [0.05, 0.1) is 31.5 Å². The van der Waals surface area contributed by atoms with Crippen molar-refractivity contribution in [1.82, 2.24) is 15.5 Å². The summed E-state index contributed by atoms with van der Waals surface area (Å²) in [6.45, 7) is 3.90. The summed E-state index contributed by atoms with van der Waals surface area (Å²) < 4.78 is 16.3. The number of carbonyl (C=O) groups excluding carboxylic acids is 1. The van der Waals surface area contributed by atoms with E-state index in [-0.39, 0.29) is 6.03 Å². The number of rotatable bonds is 6. The predicted octanol–water partition coefficient (Wildman–Crippen LogP) is 5.76. The van der Waals surface area contributed by atoms with Crippen LogP contribution in [0.4, 0.5) is 10.5 Å². The molecule has 1 aliphatic heterocycles. The van der Waals surface area contributed by atoms with Gasteiger partial charge in [-0.1, -0.05) is 35.0 Å². The summed E-state index contributed by atoms with van der Waals surface area (Å²) >= 11 is 0. The first-order valence-electron chi connectivity index (χ1n) is 11.5. The van der Waals surface area contributed by atoms with E-state index >= 15 is 0 Å². The zero-order chi connectivity index (χ0) is 25.2. The molecule has 0 saturated carbocycles. The zero-order valence-electron chi connectivity index (χ0n) is 20.5. The van der Waals surface area contributed by atoms with E-state index in [1.807, 2.05) is 86.6 Å². The minimum atomic E-state index is -0.491. The van der Waals surface area contributed by atoms with Gasteiger partial charge in [-0.05, 0) is 67.9 Å². The van der Waals surface area contributed by atoms with Crippen molar-refractivity contribution in [3.05, 3.63) is 95.5 Å². The van der Waals surface area contributed by atoms with E-state index in [4.69, 9.17) is 19.0 Å². The second-order valence-electron chi connectivity index (χ2n) is 8.48. The highest BCUT2D eigenvalue weighted by molar-refractivity contribution is 6.01. The molecular formula is C28H26N4O4. The molecule has 0 radical (unpaired) electrons. The average molecular weight is 483 g/mol. The first-order chi connectivity index (χ1) is 17.5. The van der Waals surface area contributed by atoms with E-state index < -0.39 is 6.04 Å². The van der Waals surface area contributed by atoms with Crippen LogP contribution >= 0.6 is 0 Å². The van der Waals surface area contributed by atoms with Crippen molar-refractivity contribution in [3.63, 3.8) is 0 Å². The number of anilines is 1. The van der Waals surface area contributed by atoms with Crippen LogP contribution in [-0.4, -0.2) is 30.4 Å². The molecule has 1 aliphatic rings. The van der Waals surface area contributed by atoms with Crippen molar-refractivity contribution < 1.29 is 18.8 Å². The highest BCUT2D eigenvalue weighted by Crippen LogP contribution is 2.39. The summed E-state index contributed by atoms with van der Waals surface area (Å²) in [5.74, 6) is 2.24. The van der Waals surface area contributed by atoms with Crippen molar-refractivity contribution in [2.45, 2.75) is 19.9 Å². The lowest BCUT2D eigenvalue weighted by Crippen LogP contribution is -2.46. The van der Waals surface area contributed by atoms with Crippen LogP contribution in [0.15, 0.2) is 83.0 Å². The molecule has 0 spiro atoms. The molecule has 1 atom stereocenters. The fraction of sp³-hybridized carbons (Fsp3) is 0.179. The minimum absolute atomic E-state index is 0.240. The zero-order valence-corrected chi connectivity index (χ0v) is 20.5. The van der Waals surface area contributed by atoms with Crippen LogP contribution in [0.25, 0.3) is 17.0 Å². The topological polar surface area (TPSA) is 89.7 Å². The van der Waals surface area contributed by atoms with Gasteiger partial charge in [0.2, 0.25) is 5.82 Å². The van der Waals surface area contributed by atoms with Gasteiger partial charge in [0.25, 0.3) is 5.89 Å². The standard InChI is InChI=1S/C28H26N4O4/c1-17-5-11-21(12-6-17)32-18(2)24(25(29-28(32)33)19-7-13-22(34-3)14-8-19)27-30-26(31-36-27)20-9-15-23(35-4)16-10-20/h5-16,25H,1-4H3,(H,29,33). The molecule has 0 bridgehead atoms. The lowest BCUT2D eigenvalue weighted by atomic mass is 9.94. The van der Waals surface area contributed by atoms with Crippen molar-refractivity contribution >= 4 is 17.3 Å². The summed E-state index contributed by atoms with van der Waals surface area (Å²) in [5, 5.41) is 7.34. The van der Waals surface area contributed by atoms with E-state index in [1.54, 1.807) is 19.1 Å². The Morgan fingerprint density at radius 2 is 1.47 bits per heavy atom. The van der Waals surface area contributed by atoms with Gasteiger partial charge in [-0.25, -0.2) is 4.79 Å². The summed E-state index contributed by atoms with van der Waals surface area (Å²) in [5.41, 5.74) is 4.93. The maximum Gasteiger partial charge on any atom is 0.326 e. The molecule has 36 heavy (non-hydrogen) atoms. The maximum atomic E-state index is 13.3. The molecular weight excluding hydrogens is 456 g/mol. The molecule has 0 fully saturated rings. The van der Waals surface area contributed by atoms with Gasteiger partial charge in [0.1, 0.15) is 11.5 Å². The number of ether oxygens (including phenoxy) is 2. The average Bonchev–Trinajstić information content (AvgIpc) is 3.39. The summed E-state index contributed by atoms with van der Waals surface area (Å²) in [6.07, 6.45) is 0. The number of hydrogen-bond donors (Lipinski definition) is 1. The minimum Gasteiger partial charge on any atom is -0.497 e. The molecule has 1 N–H and O–H groups in total. The molecule has 8 nitrogen and oxygen atoms in total. The van der Waals surface area contributed by atoms with Gasteiger partial charge >= 0.3 is 6.03 Å². The number of allylic oxidation sites excluding steroid dienone is 1. The molecule has 182 valence electrons. The summed E-state index contributed by atoms with van der Waals surface area (Å²) in [6, 6.07) is 22.0. The molecule has 8 heteroatoms. The second kappa shape index (κ2) is 9.58. The Bertz CT molecular complexity index is 1410. The first-order valence-corrected chi connectivity index (χ1v) is 11.5. The van der Waals surface area contributed by atoms with Gasteiger partial charge in [0, 0.05) is 11.3 Å². The first kappa shape index (κ1) is 23.2. The third kappa shape index (κ3) is 4.29. The van der Waals surface area contributed by atoms with Crippen LogP contribution in [0.5, 0.6) is 11.5 Å². The van der Waals surface area contributed by atoms with Crippen LogP contribution in [-0.2, 0) is 0 Å². The Balaban J connectivity index is 1.62. The van der Waals surface area contributed by atoms with E-state index in [0.29, 0.717) is 23.0 Å². The van der Waals surface area contributed by atoms with Gasteiger partial charge in [-0.15, -0.1) is 0 Å². The monoisotopic (exact) mass is 482 g/mol. The Morgan fingerprint density at radius 1 is 0.861 bits per heavy atom. The second-order valence-corrected chi connectivity index (χ2v) is 8.48. The van der Waals surface area contributed by atoms with E-state index in [2.05, 4.69) is 10.5 Å². The predicted molar refractivity (Wildman–Crippen MR) is 137 cm³/mol.